The summed E-state index contributed by atoms with van der Waals surface area (Å²) >= 11 is 12.1. The molecule has 7 nitrogen and oxygen atoms in total. The van der Waals surface area contributed by atoms with Crippen molar-refractivity contribution in [3.63, 3.8) is 0 Å². The molecule has 1 unspecified atom stereocenters. The fourth-order valence-electron chi connectivity index (χ4n) is 5.41. The van der Waals surface area contributed by atoms with Crippen molar-refractivity contribution >= 4 is 41.2 Å². The van der Waals surface area contributed by atoms with Crippen molar-refractivity contribution in [2.45, 2.75) is 79.4 Å². The van der Waals surface area contributed by atoms with Crippen molar-refractivity contribution in [2.24, 2.45) is 11.8 Å². The molecular weight excluding hydrogens is 697 g/mol. The molecule has 0 spiro atoms. The average molecular weight is 749 g/mol. The van der Waals surface area contributed by atoms with Crippen molar-refractivity contribution < 1.29 is 28.6 Å². The minimum Gasteiger partial charge on any atom is -0.466 e. The number of halogens is 2. The molecule has 52 heavy (non-hydrogen) atoms. The van der Waals surface area contributed by atoms with E-state index in [1.165, 1.54) is 5.56 Å². The van der Waals surface area contributed by atoms with Gasteiger partial charge in [-0.1, -0.05) is 110 Å². The van der Waals surface area contributed by atoms with Crippen LogP contribution in [0.3, 0.4) is 0 Å². The largest absolute Gasteiger partial charge is 0.466 e. The van der Waals surface area contributed by atoms with Gasteiger partial charge in [-0.3, -0.25) is 9.59 Å². The van der Waals surface area contributed by atoms with E-state index in [0.29, 0.717) is 24.7 Å². The molecule has 0 radical (unpaired) electrons. The molecule has 278 valence electrons. The number of hydrogen-bond donors (Lipinski definition) is 1. The first-order chi connectivity index (χ1) is 24.7. The van der Waals surface area contributed by atoms with Gasteiger partial charge in [0, 0.05) is 16.1 Å². The van der Waals surface area contributed by atoms with Gasteiger partial charge >= 0.3 is 18.0 Å². The maximum absolute atomic E-state index is 12.2. The van der Waals surface area contributed by atoms with Crippen LogP contribution in [0.4, 0.5) is 4.79 Å². The van der Waals surface area contributed by atoms with E-state index in [1.54, 1.807) is 27.7 Å². The molecule has 0 aromatic heterocycles. The van der Waals surface area contributed by atoms with E-state index in [4.69, 9.17) is 37.4 Å². The summed E-state index contributed by atoms with van der Waals surface area (Å²) in [7, 11) is 0. The Bertz CT molecular complexity index is 1730. The minimum absolute atomic E-state index is 0.0725. The van der Waals surface area contributed by atoms with E-state index in [1.807, 2.05) is 86.6 Å². The van der Waals surface area contributed by atoms with E-state index < -0.39 is 17.7 Å². The zero-order valence-corrected chi connectivity index (χ0v) is 32.7. The summed E-state index contributed by atoms with van der Waals surface area (Å²) in [6, 6.07) is 31.4. The highest BCUT2D eigenvalue weighted by atomic mass is 35.5. The molecule has 1 N–H and O–H groups in total. The number of alkyl carbamates (subject to hydrolysis) is 1. The normalized spacial score (nSPS) is 12.7. The second-order valence-electron chi connectivity index (χ2n) is 13.7. The summed E-state index contributed by atoms with van der Waals surface area (Å²) in [6.45, 7) is 13.7. The quantitative estimate of drug-likeness (QED) is 0.108. The summed E-state index contributed by atoms with van der Waals surface area (Å²) in [4.78, 5) is 35.9. The molecule has 0 heterocycles. The van der Waals surface area contributed by atoms with Crippen LogP contribution in [-0.2, 0) is 36.6 Å². The van der Waals surface area contributed by atoms with Gasteiger partial charge in [0.05, 0.1) is 25.6 Å². The van der Waals surface area contributed by atoms with Crippen LogP contribution in [0.5, 0.6) is 0 Å². The zero-order chi connectivity index (χ0) is 38.3. The van der Waals surface area contributed by atoms with Crippen LogP contribution in [-0.4, -0.2) is 42.9 Å². The van der Waals surface area contributed by atoms with Gasteiger partial charge in [-0.15, -0.1) is 0 Å². The van der Waals surface area contributed by atoms with Gasteiger partial charge in [-0.2, -0.15) is 0 Å². The monoisotopic (exact) mass is 747 g/mol. The highest BCUT2D eigenvalue weighted by Crippen LogP contribution is 2.26. The lowest BCUT2D eigenvalue weighted by atomic mass is 9.89. The second kappa shape index (κ2) is 20.6. The SMILES string of the molecule is CCOC(=O)C(C)[C@H](C)Cc1ccc(-c2cccc(Cl)c2)cc1.CCOC(=O)C[C@@H](Cc1ccc(-c2cccc(Cl)c2)cc1)NC(=O)OC(C)(C)C. The predicted molar refractivity (Wildman–Crippen MR) is 211 cm³/mol. The standard InChI is InChI=1S/C23H28ClNO4.C20H23ClO2/c1-5-28-21(26)15-20(25-22(27)29-23(2,3)4)13-16-9-11-17(12-10-16)18-7-6-8-19(24)14-18;1-4-23-20(22)15(3)14(2)12-16-8-10-17(11-9-16)18-6-5-7-19(21)13-18/h6-12,14,20H,5,13,15H2,1-4H3,(H,25,27);5-11,13-15H,4,12H2,1-3H3/t20-;14-,15?/m11/s1. The first-order valence-corrected chi connectivity index (χ1v) is 18.4. The molecule has 4 aromatic carbocycles. The Labute approximate surface area is 319 Å². The third-order valence-electron chi connectivity index (χ3n) is 8.21. The summed E-state index contributed by atoms with van der Waals surface area (Å²) < 4.78 is 15.5. The van der Waals surface area contributed by atoms with Crippen molar-refractivity contribution in [1.29, 1.82) is 0 Å². The number of nitrogens with one attached hydrogen (secondary N) is 1. The third-order valence-corrected chi connectivity index (χ3v) is 8.68. The maximum atomic E-state index is 12.2. The zero-order valence-electron chi connectivity index (χ0n) is 31.2. The lowest BCUT2D eigenvalue weighted by Gasteiger charge is -2.23. The summed E-state index contributed by atoms with van der Waals surface area (Å²) in [5, 5.41) is 4.21. The number of hydrogen-bond acceptors (Lipinski definition) is 6. The van der Waals surface area contributed by atoms with Crippen LogP contribution in [0.15, 0.2) is 97.1 Å². The van der Waals surface area contributed by atoms with E-state index in [-0.39, 0.29) is 30.2 Å². The molecule has 3 atom stereocenters. The van der Waals surface area contributed by atoms with Crippen molar-refractivity contribution in [2.75, 3.05) is 13.2 Å². The van der Waals surface area contributed by atoms with Crippen LogP contribution >= 0.6 is 23.2 Å². The molecule has 0 fully saturated rings. The van der Waals surface area contributed by atoms with Gasteiger partial charge in [0.25, 0.3) is 0 Å². The molecule has 0 aliphatic heterocycles. The molecule has 0 saturated carbocycles. The predicted octanol–water partition coefficient (Wildman–Crippen LogP) is 10.8. The summed E-state index contributed by atoms with van der Waals surface area (Å²) in [5.74, 6) is -0.326. The molecule has 4 rings (SSSR count). The smallest absolute Gasteiger partial charge is 0.407 e. The van der Waals surface area contributed by atoms with Crippen molar-refractivity contribution in [3.05, 3.63) is 118 Å². The Morgan fingerprint density at radius 3 is 1.60 bits per heavy atom. The first-order valence-electron chi connectivity index (χ1n) is 17.7. The van der Waals surface area contributed by atoms with E-state index >= 15 is 0 Å². The van der Waals surface area contributed by atoms with Gasteiger partial charge in [0.1, 0.15) is 5.60 Å². The molecule has 1 amide bonds. The number of carbonyl (C=O) groups is 3. The van der Waals surface area contributed by atoms with Crippen molar-refractivity contribution in [1.82, 2.24) is 5.32 Å². The molecular formula is C43H51Cl2NO6. The van der Waals surface area contributed by atoms with Crippen LogP contribution in [0.1, 0.15) is 66.0 Å². The Hall–Kier alpha value is -4.33. The van der Waals surface area contributed by atoms with Gasteiger partial charge in [0.2, 0.25) is 0 Å². The minimum atomic E-state index is -0.614. The topological polar surface area (TPSA) is 90.9 Å². The molecule has 0 aliphatic rings. The molecule has 4 aromatic rings. The highest BCUT2D eigenvalue weighted by Gasteiger charge is 2.23. The van der Waals surface area contributed by atoms with Crippen LogP contribution < -0.4 is 5.32 Å². The average Bonchev–Trinajstić information content (AvgIpc) is 3.08. The van der Waals surface area contributed by atoms with Gasteiger partial charge < -0.3 is 19.5 Å². The Morgan fingerprint density at radius 1 is 0.673 bits per heavy atom. The molecule has 9 heteroatoms. The van der Waals surface area contributed by atoms with E-state index in [0.717, 1.165) is 39.3 Å². The number of amides is 1. The molecule has 0 aliphatic carbocycles. The fraction of sp³-hybridized carbons (Fsp3) is 0.372. The summed E-state index contributed by atoms with van der Waals surface area (Å²) in [6.07, 6.45) is 0.856. The maximum Gasteiger partial charge on any atom is 0.407 e. The fourth-order valence-corrected chi connectivity index (χ4v) is 5.79. The van der Waals surface area contributed by atoms with Gasteiger partial charge in [-0.25, -0.2) is 4.79 Å². The number of benzene rings is 4. The van der Waals surface area contributed by atoms with Crippen LogP contribution in [0.2, 0.25) is 10.0 Å². The number of esters is 2. The van der Waals surface area contributed by atoms with Crippen LogP contribution in [0.25, 0.3) is 22.3 Å². The molecule has 0 saturated heterocycles. The Morgan fingerprint density at radius 2 is 1.15 bits per heavy atom. The van der Waals surface area contributed by atoms with E-state index in [2.05, 4.69) is 36.5 Å². The Balaban J connectivity index is 0.000000288. The summed E-state index contributed by atoms with van der Waals surface area (Å²) in [5.41, 5.74) is 5.91. The lowest BCUT2D eigenvalue weighted by Crippen LogP contribution is -2.41. The number of ether oxygens (including phenoxy) is 3. The van der Waals surface area contributed by atoms with Crippen molar-refractivity contribution in [3.8, 4) is 22.3 Å². The van der Waals surface area contributed by atoms with Crippen LogP contribution in [0, 0.1) is 11.8 Å². The highest BCUT2D eigenvalue weighted by molar-refractivity contribution is 6.31. The van der Waals surface area contributed by atoms with Gasteiger partial charge in [-0.05, 0) is 111 Å². The molecule has 0 bridgehead atoms. The lowest BCUT2D eigenvalue weighted by molar-refractivity contribution is -0.149. The number of carbonyl (C=O) groups excluding carboxylic acids is 3. The third kappa shape index (κ3) is 14.7. The van der Waals surface area contributed by atoms with Gasteiger partial charge in [0.15, 0.2) is 0 Å². The van der Waals surface area contributed by atoms with E-state index in [9.17, 15) is 14.4 Å². The second-order valence-corrected chi connectivity index (χ2v) is 14.6. The Kier molecular flexibility index (Phi) is 16.7. The number of rotatable bonds is 13. The first kappa shape index (κ1) is 42.1.